The lowest BCUT2D eigenvalue weighted by Gasteiger charge is -2.22. The van der Waals surface area contributed by atoms with E-state index in [1.54, 1.807) is 20.9 Å². The Kier molecular flexibility index (Phi) is 8.34. The van der Waals surface area contributed by atoms with Crippen molar-refractivity contribution in [1.82, 2.24) is 5.32 Å². The lowest BCUT2D eigenvalue weighted by Crippen LogP contribution is -2.46. The first kappa shape index (κ1) is 17.9. The lowest BCUT2D eigenvalue weighted by molar-refractivity contribution is -0.149. The molecular weight excluding hydrogens is 246 g/mol. The van der Waals surface area contributed by atoms with E-state index < -0.39 is 5.54 Å². The van der Waals surface area contributed by atoms with Gasteiger partial charge >= 0.3 is 5.97 Å². The van der Waals surface area contributed by atoms with Crippen molar-refractivity contribution in [3.8, 4) is 0 Å². The molecule has 1 amide bonds. The molecule has 0 bridgehead atoms. The van der Waals surface area contributed by atoms with Crippen LogP contribution < -0.4 is 16.8 Å². The van der Waals surface area contributed by atoms with E-state index in [2.05, 4.69) is 5.32 Å². The molecule has 0 heterocycles. The molecule has 6 heteroatoms. The number of nitrogens with one attached hydrogen (secondary N) is 1. The number of unbranched alkanes of at least 4 members (excludes halogenated alkanes) is 2. The van der Waals surface area contributed by atoms with Crippen molar-refractivity contribution >= 4 is 11.9 Å². The molecule has 0 aromatic heterocycles. The first-order valence-electron chi connectivity index (χ1n) is 6.77. The predicted octanol–water partition coefficient (Wildman–Crippen LogP) is 0.291. The smallest absolute Gasteiger partial charge is 0.325 e. The zero-order chi connectivity index (χ0) is 14.9. The normalized spacial score (nSPS) is 15.6. The molecule has 0 saturated carbocycles. The van der Waals surface area contributed by atoms with Crippen LogP contribution in [0.1, 0.15) is 46.0 Å². The van der Waals surface area contributed by atoms with Gasteiger partial charge in [-0.1, -0.05) is 19.3 Å². The summed E-state index contributed by atoms with van der Waals surface area (Å²) in [5.74, 6) is -0.696. The van der Waals surface area contributed by atoms with Crippen LogP contribution in [-0.4, -0.2) is 37.1 Å². The quantitative estimate of drug-likeness (QED) is 0.392. The molecule has 19 heavy (non-hydrogen) atoms. The van der Waals surface area contributed by atoms with Gasteiger partial charge in [-0.15, -0.1) is 0 Å². The van der Waals surface area contributed by atoms with Crippen LogP contribution >= 0.6 is 0 Å². The second-order valence-electron chi connectivity index (χ2n) is 4.98. The maximum atomic E-state index is 11.6. The maximum Gasteiger partial charge on any atom is 0.325 e. The van der Waals surface area contributed by atoms with Crippen molar-refractivity contribution in [2.75, 3.05) is 13.7 Å². The second-order valence-corrected chi connectivity index (χ2v) is 4.98. The molecule has 2 atom stereocenters. The van der Waals surface area contributed by atoms with Gasteiger partial charge in [-0.3, -0.25) is 9.59 Å². The fraction of sp³-hybridized carbons (Fsp3) is 0.846. The summed E-state index contributed by atoms with van der Waals surface area (Å²) in [6.45, 7) is 3.79. The van der Waals surface area contributed by atoms with Gasteiger partial charge in [0.25, 0.3) is 0 Å². The van der Waals surface area contributed by atoms with E-state index in [0.717, 1.165) is 19.3 Å². The highest BCUT2D eigenvalue weighted by Gasteiger charge is 2.29. The first-order valence-corrected chi connectivity index (χ1v) is 6.77. The third kappa shape index (κ3) is 7.12. The van der Waals surface area contributed by atoms with Crippen molar-refractivity contribution in [2.45, 2.75) is 57.5 Å². The van der Waals surface area contributed by atoms with E-state index >= 15 is 0 Å². The highest BCUT2D eigenvalue weighted by Crippen LogP contribution is 2.15. The number of nitrogens with two attached hydrogens (primary N) is 2. The number of ether oxygens (including phenoxy) is 1. The van der Waals surface area contributed by atoms with Gasteiger partial charge in [-0.05, 0) is 33.7 Å². The summed E-state index contributed by atoms with van der Waals surface area (Å²) in [7, 11) is 1.72. The van der Waals surface area contributed by atoms with Gasteiger partial charge in [0.2, 0.25) is 5.91 Å². The van der Waals surface area contributed by atoms with Crippen LogP contribution in [0.2, 0.25) is 0 Å². The predicted molar refractivity (Wildman–Crippen MR) is 74.4 cm³/mol. The topological polar surface area (TPSA) is 107 Å². The molecule has 0 saturated heterocycles. The molecule has 112 valence electrons. The van der Waals surface area contributed by atoms with Crippen LogP contribution in [-0.2, 0) is 14.3 Å². The van der Waals surface area contributed by atoms with Crippen molar-refractivity contribution in [3.63, 3.8) is 0 Å². The van der Waals surface area contributed by atoms with Gasteiger partial charge in [0.15, 0.2) is 0 Å². The Morgan fingerprint density at radius 2 is 1.95 bits per heavy atom. The van der Waals surface area contributed by atoms with Gasteiger partial charge in [0.1, 0.15) is 5.54 Å². The molecule has 5 N–H and O–H groups in total. The van der Waals surface area contributed by atoms with Crippen LogP contribution in [0, 0.1) is 0 Å². The van der Waals surface area contributed by atoms with E-state index in [9.17, 15) is 9.59 Å². The molecule has 0 aliphatic heterocycles. The minimum atomic E-state index is -0.928. The van der Waals surface area contributed by atoms with E-state index in [0.29, 0.717) is 19.4 Å². The van der Waals surface area contributed by atoms with Gasteiger partial charge in [-0.25, -0.2) is 0 Å². The van der Waals surface area contributed by atoms with Crippen LogP contribution in [0.15, 0.2) is 0 Å². The Morgan fingerprint density at radius 1 is 1.32 bits per heavy atom. The summed E-state index contributed by atoms with van der Waals surface area (Å²) in [6.07, 6.45) is 3.87. The summed E-state index contributed by atoms with van der Waals surface area (Å²) < 4.78 is 4.92. The Balaban J connectivity index is 3.85. The zero-order valence-corrected chi connectivity index (χ0v) is 12.2. The van der Waals surface area contributed by atoms with Crippen molar-refractivity contribution < 1.29 is 14.3 Å². The fourth-order valence-electron chi connectivity index (χ4n) is 1.84. The van der Waals surface area contributed by atoms with E-state index in [-0.39, 0.29) is 17.9 Å². The zero-order valence-electron chi connectivity index (χ0n) is 12.2. The Morgan fingerprint density at radius 3 is 2.42 bits per heavy atom. The number of rotatable bonds is 10. The molecule has 0 fully saturated rings. The van der Waals surface area contributed by atoms with Crippen LogP contribution in [0.3, 0.4) is 0 Å². The monoisotopic (exact) mass is 273 g/mol. The van der Waals surface area contributed by atoms with E-state index in [1.807, 2.05) is 0 Å². The van der Waals surface area contributed by atoms with Crippen molar-refractivity contribution in [1.29, 1.82) is 0 Å². The third-order valence-corrected chi connectivity index (χ3v) is 3.12. The standard InChI is InChI=1S/C13H27N3O3/c1-4-19-12(18)13(2,15)9-7-5-6-8-10(16-3)11(14)17/h10,16H,4-9,15H2,1-3H3,(H2,14,17). The van der Waals surface area contributed by atoms with Gasteiger partial charge < -0.3 is 21.5 Å². The highest BCUT2D eigenvalue weighted by atomic mass is 16.5. The average molecular weight is 273 g/mol. The van der Waals surface area contributed by atoms with Gasteiger partial charge in [-0.2, -0.15) is 0 Å². The summed E-state index contributed by atoms with van der Waals surface area (Å²) in [4.78, 5) is 22.5. The van der Waals surface area contributed by atoms with Crippen LogP contribution in [0.5, 0.6) is 0 Å². The van der Waals surface area contributed by atoms with Crippen molar-refractivity contribution in [2.24, 2.45) is 11.5 Å². The number of primary amides is 1. The molecule has 0 rings (SSSR count). The second kappa shape index (κ2) is 8.87. The number of carbonyl (C=O) groups excluding carboxylic acids is 2. The molecule has 0 aromatic carbocycles. The highest BCUT2D eigenvalue weighted by molar-refractivity contribution is 5.80. The third-order valence-electron chi connectivity index (χ3n) is 3.12. The number of carbonyl (C=O) groups is 2. The van der Waals surface area contributed by atoms with Crippen LogP contribution in [0.25, 0.3) is 0 Å². The maximum absolute atomic E-state index is 11.6. The Bertz CT molecular complexity index is 293. The number of hydrogen-bond donors (Lipinski definition) is 3. The average Bonchev–Trinajstić information content (AvgIpc) is 2.33. The molecule has 2 unspecified atom stereocenters. The van der Waals surface area contributed by atoms with E-state index in [4.69, 9.17) is 16.2 Å². The number of esters is 1. The summed E-state index contributed by atoms with van der Waals surface area (Å²) >= 11 is 0. The van der Waals surface area contributed by atoms with Crippen LogP contribution in [0.4, 0.5) is 0 Å². The molecule has 0 aliphatic rings. The molecule has 6 nitrogen and oxygen atoms in total. The first-order chi connectivity index (χ1) is 8.85. The SMILES string of the molecule is CCOC(=O)C(C)(N)CCCCCC(NC)C(N)=O. The molecule has 0 aromatic rings. The minimum absolute atomic E-state index is 0.283. The van der Waals surface area contributed by atoms with Crippen molar-refractivity contribution in [3.05, 3.63) is 0 Å². The van der Waals surface area contributed by atoms with Gasteiger partial charge in [0, 0.05) is 0 Å². The molecular formula is C13H27N3O3. The Labute approximate surface area is 115 Å². The minimum Gasteiger partial charge on any atom is -0.465 e. The molecule has 0 aliphatic carbocycles. The van der Waals surface area contributed by atoms with E-state index in [1.165, 1.54) is 0 Å². The number of likely N-dealkylation sites (N-methyl/N-ethyl adjacent to an activating group) is 1. The lowest BCUT2D eigenvalue weighted by atomic mass is 9.95. The summed E-state index contributed by atoms with van der Waals surface area (Å²) in [5.41, 5.74) is 10.2. The Hall–Kier alpha value is -1.14. The number of hydrogen-bond acceptors (Lipinski definition) is 5. The molecule has 0 radical (unpaired) electrons. The van der Waals surface area contributed by atoms with Gasteiger partial charge in [0.05, 0.1) is 12.6 Å². The summed E-state index contributed by atoms with van der Waals surface area (Å²) in [5, 5.41) is 2.87. The largest absolute Gasteiger partial charge is 0.465 e. The number of amides is 1. The summed E-state index contributed by atoms with van der Waals surface area (Å²) in [6, 6.07) is -0.283. The molecule has 0 spiro atoms. The fourth-order valence-corrected chi connectivity index (χ4v) is 1.84.